The molecule has 0 aliphatic carbocycles. The van der Waals surface area contributed by atoms with Crippen LogP contribution in [-0.4, -0.2) is 20.6 Å². The molecule has 0 spiro atoms. The molecule has 0 fully saturated rings. The third-order valence-corrected chi connectivity index (χ3v) is 4.83. The van der Waals surface area contributed by atoms with Crippen molar-refractivity contribution in [3.63, 3.8) is 0 Å². The van der Waals surface area contributed by atoms with Gasteiger partial charge in [0.15, 0.2) is 5.69 Å². The molecular weight excluding hydrogens is 409 g/mol. The molecule has 0 saturated carbocycles. The number of hydrogen-bond donors (Lipinski definition) is 1. The van der Waals surface area contributed by atoms with Crippen LogP contribution in [0.15, 0.2) is 87.4 Å². The third-order valence-electron chi connectivity index (χ3n) is 4.83. The van der Waals surface area contributed by atoms with E-state index >= 15 is 4.39 Å². The molecule has 7 nitrogen and oxygen atoms in total. The van der Waals surface area contributed by atoms with Crippen molar-refractivity contribution >= 4 is 11.4 Å². The zero-order chi connectivity index (χ0) is 22.7. The van der Waals surface area contributed by atoms with E-state index in [0.717, 1.165) is 5.56 Å². The highest BCUT2D eigenvalue weighted by Gasteiger charge is 2.16. The Morgan fingerprint density at radius 2 is 1.94 bits per heavy atom. The Balaban J connectivity index is 1.79. The SMILES string of the molecule is Cc1noc(C)c1-c1ccc(-n2ccc(=O)c(C(C=CN)=Nc3ccccc3)n2)c(F)c1. The zero-order valence-corrected chi connectivity index (χ0v) is 17.5. The molecule has 4 rings (SSSR count). The van der Waals surface area contributed by atoms with Gasteiger partial charge in [0, 0.05) is 17.8 Å². The maximum Gasteiger partial charge on any atom is 0.209 e. The number of nitrogens with zero attached hydrogens (tertiary/aromatic N) is 4. The average Bonchev–Trinajstić information content (AvgIpc) is 3.12. The van der Waals surface area contributed by atoms with Crippen molar-refractivity contribution in [3.05, 3.63) is 106 Å². The maximum absolute atomic E-state index is 15.1. The number of aromatic nitrogens is 3. The molecule has 0 amide bonds. The molecule has 0 bridgehead atoms. The van der Waals surface area contributed by atoms with E-state index in [1.165, 1.54) is 35.3 Å². The van der Waals surface area contributed by atoms with Crippen LogP contribution in [0.2, 0.25) is 0 Å². The number of nitrogens with two attached hydrogens (primary N) is 1. The van der Waals surface area contributed by atoms with Crippen molar-refractivity contribution in [1.29, 1.82) is 0 Å². The molecule has 0 radical (unpaired) electrons. The molecule has 4 aromatic rings. The molecule has 0 saturated heterocycles. The van der Waals surface area contributed by atoms with Crippen molar-refractivity contribution < 1.29 is 8.91 Å². The molecule has 32 heavy (non-hydrogen) atoms. The fraction of sp³-hybridized carbons (Fsp3) is 0.0833. The van der Waals surface area contributed by atoms with E-state index in [0.29, 0.717) is 22.7 Å². The lowest BCUT2D eigenvalue weighted by molar-refractivity contribution is 0.393. The molecule has 0 atom stereocenters. The molecule has 0 aliphatic heterocycles. The predicted molar refractivity (Wildman–Crippen MR) is 121 cm³/mol. The van der Waals surface area contributed by atoms with Gasteiger partial charge in [-0.05, 0) is 56.0 Å². The van der Waals surface area contributed by atoms with Crippen LogP contribution in [0, 0.1) is 19.7 Å². The van der Waals surface area contributed by atoms with Crippen molar-refractivity contribution in [3.8, 4) is 16.8 Å². The Bertz CT molecular complexity index is 1370. The lowest BCUT2D eigenvalue weighted by Gasteiger charge is -2.10. The van der Waals surface area contributed by atoms with Crippen LogP contribution in [0.25, 0.3) is 16.8 Å². The van der Waals surface area contributed by atoms with E-state index in [1.54, 1.807) is 38.1 Å². The standard InChI is InChI=1S/C24H20FN5O2/c1-15-23(16(2)32-29-15)17-8-9-21(19(25)14-17)30-13-11-22(31)24(28-30)20(10-12-26)27-18-6-4-3-5-7-18/h3-14H,26H2,1-2H3. The summed E-state index contributed by atoms with van der Waals surface area (Å²) in [6.45, 7) is 3.57. The number of hydrogen-bond acceptors (Lipinski definition) is 6. The van der Waals surface area contributed by atoms with Gasteiger partial charge in [0.05, 0.1) is 17.1 Å². The summed E-state index contributed by atoms with van der Waals surface area (Å²) in [5.74, 6) is 0.0919. The van der Waals surface area contributed by atoms with E-state index in [2.05, 4.69) is 15.2 Å². The fourth-order valence-electron chi connectivity index (χ4n) is 3.36. The van der Waals surface area contributed by atoms with Crippen LogP contribution in [0.3, 0.4) is 0 Å². The summed E-state index contributed by atoms with van der Waals surface area (Å²) >= 11 is 0. The van der Waals surface area contributed by atoms with Gasteiger partial charge in [-0.1, -0.05) is 29.4 Å². The highest BCUT2D eigenvalue weighted by molar-refractivity contribution is 6.08. The Morgan fingerprint density at radius 3 is 2.59 bits per heavy atom. The minimum atomic E-state index is -0.513. The molecular formula is C24H20FN5O2. The molecule has 0 aliphatic rings. The first-order valence-corrected chi connectivity index (χ1v) is 9.83. The second-order valence-corrected chi connectivity index (χ2v) is 7.03. The van der Waals surface area contributed by atoms with E-state index in [4.69, 9.17) is 10.3 Å². The zero-order valence-electron chi connectivity index (χ0n) is 17.5. The largest absolute Gasteiger partial charge is 0.405 e. The lowest BCUT2D eigenvalue weighted by Crippen LogP contribution is -2.20. The molecule has 2 aromatic heterocycles. The molecule has 2 N–H and O–H groups in total. The van der Waals surface area contributed by atoms with Gasteiger partial charge in [-0.15, -0.1) is 0 Å². The average molecular weight is 429 g/mol. The van der Waals surface area contributed by atoms with E-state index in [1.807, 2.05) is 18.2 Å². The molecule has 2 heterocycles. The summed E-state index contributed by atoms with van der Waals surface area (Å²) in [5, 5.41) is 8.26. The Labute approximate surface area is 183 Å². The summed E-state index contributed by atoms with van der Waals surface area (Å²) in [7, 11) is 0. The molecule has 8 heteroatoms. The summed E-state index contributed by atoms with van der Waals surface area (Å²) in [6, 6.07) is 15.1. The minimum absolute atomic E-state index is 0.0484. The Morgan fingerprint density at radius 1 is 1.16 bits per heavy atom. The molecule has 0 unspecified atom stereocenters. The van der Waals surface area contributed by atoms with Gasteiger partial charge < -0.3 is 10.3 Å². The predicted octanol–water partition coefficient (Wildman–Crippen LogP) is 4.24. The first kappa shape index (κ1) is 20.9. The lowest BCUT2D eigenvalue weighted by atomic mass is 10.0. The summed E-state index contributed by atoms with van der Waals surface area (Å²) in [6.07, 6.45) is 4.17. The van der Waals surface area contributed by atoms with Gasteiger partial charge in [-0.2, -0.15) is 5.10 Å². The first-order valence-electron chi connectivity index (χ1n) is 9.83. The van der Waals surface area contributed by atoms with Gasteiger partial charge in [-0.3, -0.25) is 4.79 Å². The smallest absolute Gasteiger partial charge is 0.209 e. The van der Waals surface area contributed by atoms with Crippen molar-refractivity contribution in [2.45, 2.75) is 13.8 Å². The van der Waals surface area contributed by atoms with Gasteiger partial charge in [0.2, 0.25) is 5.43 Å². The monoisotopic (exact) mass is 429 g/mol. The fourth-order valence-corrected chi connectivity index (χ4v) is 3.36. The topological polar surface area (TPSA) is 99.3 Å². The van der Waals surface area contributed by atoms with Crippen LogP contribution < -0.4 is 11.2 Å². The van der Waals surface area contributed by atoms with Crippen LogP contribution in [0.4, 0.5) is 10.1 Å². The number of rotatable bonds is 5. The highest BCUT2D eigenvalue weighted by Crippen LogP contribution is 2.29. The highest BCUT2D eigenvalue weighted by atomic mass is 19.1. The number of para-hydroxylation sites is 1. The van der Waals surface area contributed by atoms with Gasteiger partial charge >= 0.3 is 0 Å². The number of allylic oxidation sites excluding steroid dienone is 1. The number of halogens is 1. The first-order chi connectivity index (χ1) is 15.5. The van der Waals surface area contributed by atoms with Crippen molar-refractivity contribution in [2.75, 3.05) is 0 Å². The summed E-state index contributed by atoms with van der Waals surface area (Å²) in [5.41, 5.74) is 8.39. The van der Waals surface area contributed by atoms with Gasteiger partial charge in [0.1, 0.15) is 17.3 Å². The van der Waals surface area contributed by atoms with Crippen LogP contribution in [0.5, 0.6) is 0 Å². The van der Waals surface area contributed by atoms with Gasteiger partial charge in [-0.25, -0.2) is 14.1 Å². The second-order valence-electron chi connectivity index (χ2n) is 7.03. The van der Waals surface area contributed by atoms with Crippen LogP contribution in [0.1, 0.15) is 17.1 Å². The van der Waals surface area contributed by atoms with Crippen LogP contribution >= 0.6 is 0 Å². The van der Waals surface area contributed by atoms with Crippen molar-refractivity contribution in [1.82, 2.24) is 14.9 Å². The summed E-state index contributed by atoms with van der Waals surface area (Å²) in [4.78, 5) is 17.0. The van der Waals surface area contributed by atoms with Crippen molar-refractivity contribution in [2.24, 2.45) is 10.7 Å². The summed E-state index contributed by atoms with van der Waals surface area (Å²) < 4.78 is 21.5. The van der Waals surface area contributed by atoms with E-state index < -0.39 is 5.82 Å². The molecule has 2 aromatic carbocycles. The number of aliphatic imine (C=N–C) groups is 1. The third kappa shape index (κ3) is 4.11. The number of benzene rings is 2. The second kappa shape index (κ2) is 8.81. The number of aryl methyl sites for hydroxylation is 2. The maximum atomic E-state index is 15.1. The quantitative estimate of drug-likeness (QED) is 0.479. The van der Waals surface area contributed by atoms with Gasteiger partial charge in [0.25, 0.3) is 0 Å². The van der Waals surface area contributed by atoms with Crippen LogP contribution in [-0.2, 0) is 0 Å². The normalized spacial score (nSPS) is 11.9. The van der Waals surface area contributed by atoms with E-state index in [-0.39, 0.29) is 22.5 Å². The Hall–Kier alpha value is -4.33. The minimum Gasteiger partial charge on any atom is -0.405 e. The van der Waals surface area contributed by atoms with E-state index in [9.17, 15) is 4.79 Å². The molecule has 160 valence electrons. The Kier molecular flexibility index (Phi) is 5.76.